The van der Waals surface area contributed by atoms with Crippen LogP contribution in [0, 0.1) is 0 Å². The van der Waals surface area contributed by atoms with Gasteiger partial charge in [0, 0.05) is 5.56 Å². The van der Waals surface area contributed by atoms with E-state index in [1.807, 2.05) is 6.07 Å². The summed E-state index contributed by atoms with van der Waals surface area (Å²) in [6, 6.07) is 4.18. The van der Waals surface area contributed by atoms with Crippen LogP contribution in [0.15, 0.2) is 22.9 Å². The number of benzene rings is 1. The molecule has 2 aromatic rings. The molecule has 0 atom stereocenters. The third-order valence-corrected chi connectivity index (χ3v) is 3.32. The van der Waals surface area contributed by atoms with Gasteiger partial charge in [0.05, 0.1) is 18.9 Å². The lowest BCUT2D eigenvalue weighted by Gasteiger charge is -2.12. The highest BCUT2D eigenvalue weighted by Crippen LogP contribution is 2.40. The Kier molecular flexibility index (Phi) is 2.28. The first-order chi connectivity index (χ1) is 8.31. The number of hydrogen-bond donors (Lipinski definition) is 1. The van der Waals surface area contributed by atoms with Crippen molar-refractivity contribution in [1.29, 1.82) is 0 Å². The Morgan fingerprint density at radius 1 is 1.29 bits per heavy atom. The number of rotatable bonds is 2. The Balaban J connectivity index is 2.21. The number of nitrogen functional groups attached to an aromatic ring is 1. The largest absolute Gasteiger partial charge is 0.496 e. The van der Waals surface area contributed by atoms with E-state index in [9.17, 15) is 0 Å². The summed E-state index contributed by atoms with van der Waals surface area (Å²) in [4.78, 5) is 0. The molecule has 1 aliphatic carbocycles. The molecule has 0 bridgehead atoms. The van der Waals surface area contributed by atoms with Gasteiger partial charge in [-0.2, -0.15) is 0 Å². The van der Waals surface area contributed by atoms with Gasteiger partial charge in [-0.1, -0.05) is 17.3 Å². The normalized spacial score (nSPS) is 13.7. The van der Waals surface area contributed by atoms with Gasteiger partial charge >= 0.3 is 0 Å². The first kappa shape index (κ1) is 10.2. The van der Waals surface area contributed by atoms with Crippen LogP contribution in [-0.4, -0.2) is 12.3 Å². The van der Waals surface area contributed by atoms with Gasteiger partial charge in [0.2, 0.25) is 5.88 Å². The van der Waals surface area contributed by atoms with Crippen molar-refractivity contribution < 1.29 is 9.26 Å². The number of hydrogen-bond acceptors (Lipinski definition) is 4. The smallest absolute Gasteiger partial charge is 0.230 e. The maximum Gasteiger partial charge on any atom is 0.230 e. The van der Waals surface area contributed by atoms with E-state index in [0.29, 0.717) is 5.88 Å². The second kappa shape index (κ2) is 3.80. The van der Waals surface area contributed by atoms with E-state index in [1.54, 1.807) is 13.3 Å². The number of ether oxygens (including phenoxy) is 1. The second-order valence-electron chi connectivity index (χ2n) is 4.24. The lowest BCUT2D eigenvalue weighted by Crippen LogP contribution is -1.95. The SMILES string of the molecule is COc1c(-c2cnoc2N)ccc2c1CCC2. The van der Waals surface area contributed by atoms with Crippen molar-refractivity contribution in [2.45, 2.75) is 19.3 Å². The molecule has 0 unspecified atom stereocenters. The van der Waals surface area contributed by atoms with Gasteiger partial charge in [0.1, 0.15) is 5.75 Å². The zero-order chi connectivity index (χ0) is 11.8. The predicted molar refractivity (Wildman–Crippen MR) is 64.9 cm³/mol. The summed E-state index contributed by atoms with van der Waals surface area (Å²) in [5.74, 6) is 1.25. The van der Waals surface area contributed by atoms with Crippen molar-refractivity contribution in [2.75, 3.05) is 12.8 Å². The minimum absolute atomic E-state index is 0.334. The molecular formula is C13H14N2O2. The van der Waals surface area contributed by atoms with Gasteiger partial charge in [-0.05, 0) is 30.4 Å². The molecule has 4 heteroatoms. The summed E-state index contributed by atoms with van der Waals surface area (Å²) in [7, 11) is 1.70. The summed E-state index contributed by atoms with van der Waals surface area (Å²) >= 11 is 0. The Morgan fingerprint density at radius 2 is 2.18 bits per heavy atom. The molecule has 0 radical (unpaired) electrons. The Labute approximate surface area is 99.4 Å². The first-order valence-electron chi connectivity index (χ1n) is 5.70. The Morgan fingerprint density at radius 3 is 2.88 bits per heavy atom. The Bertz CT molecular complexity index is 561. The number of nitrogens with two attached hydrogens (primary N) is 1. The zero-order valence-corrected chi connectivity index (χ0v) is 9.69. The summed E-state index contributed by atoms with van der Waals surface area (Å²) in [6.07, 6.45) is 5.02. The van der Waals surface area contributed by atoms with Crippen molar-refractivity contribution >= 4 is 5.88 Å². The molecule has 88 valence electrons. The topological polar surface area (TPSA) is 61.3 Å². The highest BCUT2D eigenvalue weighted by atomic mass is 16.5. The maximum absolute atomic E-state index is 5.76. The standard InChI is InChI=1S/C13H14N2O2/c1-16-12-9-4-2-3-8(9)5-6-10(12)11-7-15-17-13(11)14/h5-7H,2-4,14H2,1H3. The van der Waals surface area contributed by atoms with Gasteiger partial charge in [0.25, 0.3) is 0 Å². The molecule has 17 heavy (non-hydrogen) atoms. The summed E-state index contributed by atoms with van der Waals surface area (Å²) in [6.45, 7) is 0. The van der Waals surface area contributed by atoms with Gasteiger partial charge in [-0.25, -0.2) is 0 Å². The number of aryl methyl sites for hydroxylation is 1. The highest BCUT2D eigenvalue weighted by Gasteiger charge is 2.21. The molecule has 1 aromatic heterocycles. The van der Waals surface area contributed by atoms with Crippen molar-refractivity contribution in [3.63, 3.8) is 0 Å². The second-order valence-corrected chi connectivity index (χ2v) is 4.24. The third-order valence-electron chi connectivity index (χ3n) is 3.32. The van der Waals surface area contributed by atoms with Gasteiger partial charge in [-0.3, -0.25) is 0 Å². The molecule has 1 aliphatic rings. The molecule has 0 fully saturated rings. The van der Waals surface area contributed by atoms with E-state index < -0.39 is 0 Å². The minimum Gasteiger partial charge on any atom is -0.496 e. The van der Waals surface area contributed by atoms with Crippen LogP contribution in [0.25, 0.3) is 11.1 Å². The quantitative estimate of drug-likeness (QED) is 0.860. The van der Waals surface area contributed by atoms with Crippen molar-refractivity contribution in [3.05, 3.63) is 29.5 Å². The molecule has 0 saturated carbocycles. The minimum atomic E-state index is 0.334. The van der Waals surface area contributed by atoms with Crippen LogP contribution in [0.1, 0.15) is 17.5 Å². The highest BCUT2D eigenvalue weighted by molar-refractivity contribution is 5.79. The molecule has 1 aromatic carbocycles. The molecule has 2 N–H and O–H groups in total. The van der Waals surface area contributed by atoms with E-state index in [1.165, 1.54) is 17.5 Å². The Hall–Kier alpha value is -1.97. The average molecular weight is 230 g/mol. The maximum atomic E-state index is 5.76. The van der Waals surface area contributed by atoms with E-state index >= 15 is 0 Å². The molecule has 0 saturated heterocycles. The lowest BCUT2D eigenvalue weighted by atomic mass is 10.0. The van der Waals surface area contributed by atoms with Crippen LogP contribution in [-0.2, 0) is 12.8 Å². The number of methoxy groups -OCH3 is 1. The van der Waals surface area contributed by atoms with Gasteiger partial charge in [0.15, 0.2) is 0 Å². The average Bonchev–Trinajstić information content (AvgIpc) is 2.95. The van der Waals surface area contributed by atoms with Crippen molar-refractivity contribution in [2.24, 2.45) is 0 Å². The van der Waals surface area contributed by atoms with Crippen LogP contribution in [0.2, 0.25) is 0 Å². The van der Waals surface area contributed by atoms with Crippen LogP contribution in [0.3, 0.4) is 0 Å². The summed E-state index contributed by atoms with van der Waals surface area (Å²) in [5.41, 5.74) is 10.2. The monoisotopic (exact) mass is 230 g/mol. The van der Waals surface area contributed by atoms with Gasteiger partial charge < -0.3 is 15.0 Å². The molecule has 0 spiro atoms. The lowest BCUT2D eigenvalue weighted by molar-refractivity contribution is 0.412. The van der Waals surface area contributed by atoms with Crippen LogP contribution in [0.4, 0.5) is 5.88 Å². The van der Waals surface area contributed by atoms with E-state index in [2.05, 4.69) is 11.2 Å². The predicted octanol–water partition coefficient (Wildman–Crippen LogP) is 2.42. The first-order valence-corrected chi connectivity index (χ1v) is 5.70. The molecule has 0 amide bonds. The van der Waals surface area contributed by atoms with E-state index in [0.717, 1.165) is 29.7 Å². The van der Waals surface area contributed by atoms with E-state index in [4.69, 9.17) is 15.0 Å². The number of fused-ring (bicyclic) bond motifs is 1. The molecule has 3 rings (SSSR count). The van der Waals surface area contributed by atoms with Crippen molar-refractivity contribution in [1.82, 2.24) is 5.16 Å². The fraction of sp³-hybridized carbons (Fsp3) is 0.308. The third kappa shape index (κ3) is 1.48. The van der Waals surface area contributed by atoms with Crippen LogP contribution in [0.5, 0.6) is 5.75 Å². The fourth-order valence-corrected chi connectivity index (χ4v) is 2.53. The summed E-state index contributed by atoms with van der Waals surface area (Å²) in [5, 5.41) is 3.71. The van der Waals surface area contributed by atoms with Crippen molar-refractivity contribution in [3.8, 4) is 16.9 Å². The number of aromatic nitrogens is 1. The molecule has 0 aliphatic heterocycles. The number of anilines is 1. The number of nitrogens with zero attached hydrogens (tertiary/aromatic N) is 1. The fourth-order valence-electron chi connectivity index (χ4n) is 2.53. The molecular weight excluding hydrogens is 216 g/mol. The van der Waals surface area contributed by atoms with Gasteiger partial charge in [-0.15, -0.1) is 0 Å². The van der Waals surface area contributed by atoms with Crippen LogP contribution < -0.4 is 10.5 Å². The van der Waals surface area contributed by atoms with Crippen LogP contribution >= 0.6 is 0 Å². The molecule has 1 heterocycles. The zero-order valence-electron chi connectivity index (χ0n) is 9.69. The van der Waals surface area contributed by atoms with E-state index in [-0.39, 0.29) is 0 Å². The molecule has 4 nitrogen and oxygen atoms in total. The summed E-state index contributed by atoms with van der Waals surface area (Å²) < 4.78 is 10.5.